The number of nitriles is 1. The van der Waals surface area contributed by atoms with Gasteiger partial charge in [-0.05, 0) is 43.0 Å². The van der Waals surface area contributed by atoms with Crippen molar-refractivity contribution in [2.45, 2.75) is 25.4 Å². The smallest absolute Gasteiger partial charge is 0.140 e. The number of nitrogens with zero attached hydrogens (tertiary/aromatic N) is 3. The largest absolute Gasteiger partial charge is 0.484 e. The van der Waals surface area contributed by atoms with Crippen LogP contribution in [0.2, 0.25) is 0 Å². The number of hydrazine groups is 1. The normalized spacial score (nSPS) is 18.1. The zero-order valence-electron chi connectivity index (χ0n) is 15.5. The average molecular weight is 375 g/mol. The molecular formula is C20H21N7O. The molecule has 0 saturated carbocycles. The summed E-state index contributed by atoms with van der Waals surface area (Å²) in [7, 11) is 1.86. The Kier molecular flexibility index (Phi) is 4.72. The second-order valence-electron chi connectivity index (χ2n) is 6.78. The minimum absolute atomic E-state index is 0.121. The molecule has 28 heavy (non-hydrogen) atoms. The van der Waals surface area contributed by atoms with Crippen LogP contribution < -0.4 is 20.9 Å². The number of benzene rings is 1. The lowest BCUT2D eigenvalue weighted by atomic mass is 9.92. The van der Waals surface area contributed by atoms with Crippen molar-refractivity contribution in [3.8, 4) is 11.8 Å². The summed E-state index contributed by atoms with van der Waals surface area (Å²) in [6.07, 6.45) is 9.49. The maximum absolute atomic E-state index is 9.08. The van der Waals surface area contributed by atoms with Gasteiger partial charge >= 0.3 is 0 Å². The SMILES string of the molecule is Cn1cc(Nc2cc(O[C@H]3CCCC4=C3NNC(C#N)=C4)ccc2C=N)cn1. The van der Waals surface area contributed by atoms with E-state index in [-0.39, 0.29) is 6.10 Å². The molecule has 2 aliphatic rings. The van der Waals surface area contributed by atoms with Gasteiger partial charge in [0.15, 0.2) is 0 Å². The van der Waals surface area contributed by atoms with Crippen LogP contribution in [0.4, 0.5) is 11.4 Å². The summed E-state index contributed by atoms with van der Waals surface area (Å²) in [4.78, 5) is 0. The van der Waals surface area contributed by atoms with Crippen LogP contribution in [0.3, 0.4) is 0 Å². The molecule has 1 aromatic heterocycles. The Morgan fingerprint density at radius 1 is 1.43 bits per heavy atom. The molecule has 4 N–H and O–H groups in total. The highest BCUT2D eigenvalue weighted by molar-refractivity contribution is 5.87. The van der Waals surface area contributed by atoms with Crippen molar-refractivity contribution < 1.29 is 4.74 Å². The maximum atomic E-state index is 9.08. The predicted octanol–water partition coefficient (Wildman–Crippen LogP) is 2.86. The van der Waals surface area contributed by atoms with Crippen molar-refractivity contribution in [2.24, 2.45) is 7.05 Å². The van der Waals surface area contributed by atoms with Crippen LogP contribution in [0.5, 0.6) is 5.75 Å². The highest BCUT2D eigenvalue weighted by Gasteiger charge is 2.27. The van der Waals surface area contributed by atoms with Crippen LogP contribution in [-0.2, 0) is 7.05 Å². The van der Waals surface area contributed by atoms with Crippen LogP contribution in [0.15, 0.2) is 53.6 Å². The number of rotatable bonds is 5. The molecule has 1 atom stereocenters. The summed E-state index contributed by atoms with van der Waals surface area (Å²) in [6.45, 7) is 0. The first-order valence-corrected chi connectivity index (χ1v) is 9.10. The lowest BCUT2D eigenvalue weighted by Gasteiger charge is -2.31. The monoisotopic (exact) mass is 375 g/mol. The highest BCUT2D eigenvalue weighted by Crippen LogP contribution is 2.32. The summed E-state index contributed by atoms with van der Waals surface area (Å²) < 4.78 is 7.98. The van der Waals surface area contributed by atoms with Crippen molar-refractivity contribution in [2.75, 3.05) is 5.32 Å². The van der Waals surface area contributed by atoms with E-state index in [2.05, 4.69) is 27.3 Å². The van der Waals surface area contributed by atoms with Gasteiger partial charge in [-0.1, -0.05) is 0 Å². The lowest BCUT2D eigenvalue weighted by Crippen LogP contribution is -2.42. The number of allylic oxidation sites excluding steroid dienone is 3. The molecule has 2 aromatic rings. The van der Waals surface area contributed by atoms with Gasteiger partial charge in [0.05, 0.1) is 23.3 Å². The van der Waals surface area contributed by atoms with E-state index in [1.165, 1.54) is 6.21 Å². The van der Waals surface area contributed by atoms with E-state index < -0.39 is 0 Å². The number of ether oxygens (including phenoxy) is 1. The van der Waals surface area contributed by atoms with E-state index in [9.17, 15) is 0 Å². The molecule has 1 aromatic carbocycles. The molecular weight excluding hydrogens is 354 g/mol. The van der Waals surface area contributed by atoms with Crippen molar-refractivity contribution >= 4 is 17.6 Å². The molecule has 0 saturated heterocycles. The number of hydrogen-bond acceptors (Lipinski definition) is 7. The fourth-order valence-electron chi connectivity index (χ4n) is 3.45. The third-order valence-corrected chi connectivity index (χ3v) is 4.79. The standard InChI is InChI=1S/C20H21N7O/c1-27-12-16(11-23-27)24-18-8-17(6-5-14(18)9-21)28-19-4-2-3-13-7-15(10-22)25-26-20(13)19/h5-9,11-12,19,21,24-26H,2-4H2,1H3/t19-/m0/s1. The third-order valence-electron chi connectivity index (χ3n) is 4.79. The van der Waals surface area contributed by atoms with E-state index in [4.69, 9.17) is 15.4 Å². The van der Waals surface area contributed by atoms with E-state index in [0.29, 0.717) is 11.4 Å². The second kappa shape index (κ2) is 7.48. The molecule has 2 heterocycles. The number of anilines is 2. The molecule has 0 amide bonds. The number of hydrogen-bond donors (Lipinski definition) is 4. The zero-order valence-corrected chi connectivity index (χ0v) is 15.5. The zero-order chi connectivity index (χ0) is 19.5. The Labute approximate surface area is 163 Å². The molecule has 8 nitrogen and oxygen atoms in total. The number of aromatic nitrogens is 2. The van der Waals surface area contributed by atoms with Gasteiger partial charge in [-0.2, -0.15) is 10.4 Å². The molecule has 142 valence electrons. The quantitative estimate of drug-likeness (QED) is 0.598. The topological polar surface area (TPSA) is 111 Å². The lowest BCUT2D eigenvalue weighted by molar-refractivity contribution is 0.202. The van der Waals surface area contributed by atoms with Gasteiger partial charge in [-0.3, -0.25) is 10.1 Å². The first-order chi connectivity index (χ1) is 13.7. The van der Waals surface area contributed by atoms with Crippen molar-refractivity contribution in [1.82, 2.24) is 20.6 Å². The van der Waals surface area contributed by atoms with Crippen LogP contribution in [0.1, 0.15) is 24.8 Å². The fraction of sp³-hybridized carbons (Fsp3) is 0.250. The molecule has 1 aliphatic carbocycles. The minimum atomic E-state index is -0.121. The van der Waals surface area contributed by atoms with Gasteiger partial charge < -0.3 is 20.9 Å². The van der Waals surface area contributed by atoms with Crippen LogP contribution >= 0.6 is 0 Å². The Morgan fingerprint density at radius 2 is 2.32 bits per heavy atom. The average Bonchev–Trinajstić information content (AvgIpc) is 3.12. The molecule has 0 bridgehead atoms. The minimum Gasteiger partial charge on any atom is -0.484 e. The summed E-state index contributed by atoms with van der Waals surface area (Å²) in [6, 6.07) is 7.75. The van der Waals surface area contributed by atoms with Gasteiger partial charge in [-0.15, -0.1) is 0 Å². The molecule has 0 fully saturated rings. The third kappa shape index (κ3) is 3.55. The molecule has 0 unspecified atom stereocenters. The Hall–Kier alpha value is -3.73. The Morgan fingerprint density at radius 3 is 3.07 bits per heavy atom. The summed E-state index contributed by atoms with van der Waals surface area (Å²) in [5.41, 5.74) is 11.0. The van der Waals surface area contributed by atoms with Gasteiger partial charge in [0.25, 0.3) is 0 Å². The van der Waals surface area contributed by atoms with Crippen molar-refractivity contribution in [1.29, 1.82) is 10.7 Å². The number of aryl methyl sites for hydroxylation is 1. The van der Waals surface area contributed by atoms with Crippen LogP contribution in [-0.4, -0.2) is 22.1 Å². The second-order valence-corrected chi connectivity index (χ2v) is 6.78. The summed E-state index contributed by atoms with van der Waals surface area (Å²) in [5.74, 6) is 0.715. The summed E-state index contributed by atoms with van der Waals surface area (Å²) >= 11 is 0. The predicted molar refractivity (Wildman–Crippen MR) is 106 cm³/mol. The Balaban J connectivity index is 1.58. The fourth-order valence-corrected chi connectivity index (χ4v) is 3.45. The van der Waals surface area contributed by atoms with E-state index in [0.717, 1.165) is 47.5 Å². The molecule has 0 radical (unpaired) electrons. The van der Waals surface area contributed by atoms with Crippen molar-refractivity contribution in [3.63, 3.8) is 0 Å². The Bertz CT molecular complexity index is 1010. The van der Waals surface area contributed by atoms with Gasteiger partial charge in [-0.25, -0.2) is 0 Å². The first-order valence-electron chi connectivity index (χ1n) is 9.10. The molecule has 4 rings (SSSR count). The molecule has 8 heteroatoms. The van der Waals surface area contributed by atoms with Crippen LogP contribution in [0, 0.1) is 16.7 Å². The molecule has 1 aliphatic heterocycles. The van der Waals surface area contributed by atoms with Gasteiger partial charge in [0.2, 0.25) is 0 Å². The van der Waals surface area contributed by atoms with Crippen molar-refractivity contribution in [3.05, 3.63) is 59.2 Å². The highest BCUT2D eigenvalue weighted by atomic mass is 16.5. The van der Waals surface area contributed by atoms with E-state index in [1.807, 2.05) is 37.5 Å². The maximum Gasteiger partial charge on any atom is 0.140 e. The number of nitrogens with one attached hydrogen (secondary N) is 4. The molecule has 0 spiro atoms. The van der Waals surface area contributed by atoms with E-state index >= 15 is 0 Å². The summed E-state index contributed by atoms with van der Waals surface area (Å²) in [5, 5.41) is 24.2. The first kappa shape index (κ1) is 17.7. The van der Waals surface area contributed by atoms with Gasteiger partial charge in [0.1, 0.15) is 23.6 Å². The van der Waals surface area contributed by atoms with Crippen LogP contribution in [0.25, 0.3) is 0 Å². The van der Waals surface area contributed by atoms with E-state index in [1.54, 1.807) is 10.9 Å². The van der Waals surface area contributed by atoms with Gasteiger partial charge in [0, 0.05) is 31.1 Å².